The molecule has 1 heterocycles. The second-order valence-corrected chi connectivity index (χ2v) is 5.70. The Bertz CT molecular complexity index is 402. The van der Waals surface area contributed by atoms with Crippen LogP contribution in [0.5, 0.6) is 5.75 Å². The fraction of sp³-hybridized carbons (Fsp3) is 0.667. The molecule has 1 aromatic carbocycles. The average molecular weight is 308 g/mol. The first-order chi connectivity index (χ1) is 10.9. The van der Waals surface area contributed by atoms with Crippen molar-refractivity contribution in [3.05, 3.63) is 29.8 Å². The maximum atomic E-state index is 8.75. The number of aryl methyl sites for hydroxylation is 1. The highest BCUT2D eigenvalue weighted by Gasteiger charge is 2.13. The Morgan fingerprint density at radius 1 is 1.14 bits per heavy atom. The van der Waals surface area contributed by atoms with E-state index in [0.717, 1.165) is 57.5 Å². The third-order valence-corrected chi connectivity index (χ3v) is 3.77. The van der Waals surface area contributed by atoms with Crippen LogP contribution in [-0.4, -0.2) is 37.8 Å². The molecule has 124 valence electrons. The average Bonchev–Trinajstić information content (AvgIpc) is 2.57. The lowest BCUT2D eigenvalue weighted by Gasteiger charge is -2.22. The number of benzene rings is 1. The maximum Gasteiger partial charge on any atom is 0.157 e. The Labute approximate surface area is 133 Å². The molecule has 1 N–H and O–H groups in total. The SMILES string of the molecule is OCCCCOc1cccc(CCCOC2CCCCO2)c1. The molecule has 2 rings (SSSR count). The molecule has 0 saturated carbocycles. The van der Waals surface area contributed by atoms with Crippen molar-refractivity contribution in [1.29, 1.82) is 0 Å². The zero-order valence-corrected chi connectivity index (χ0v) is 13.3. The lowest BCUT2D eigenvalue weighted by atomic mass is 10.1. The van der Waals surface area contributed by atoms with Crippen molar-refractivity contribution >= 4 is 0 Å². The van der Waals surface area contributed by atoms with E-state index in [9.17, 15) is 0 Å². The van der Waals surface area contributed by atoms with Crippen LogP contribution in [0.1, 0.15) is 44.1 Å². The monoisotopic (exact) mass is 308 g/mol. The van der Waals surface area contributed by atoms with Gasteiger partial charge >= 0.3 is 0 Å². The van der Waals surface area contributed by atoms with Crippen LogP contribution in [0.4, 0.5) is 0 Å². The summed E-state index contributed by atoms with van der Waals surface area (Å²) < 4.78 is 17.0. The van der Waals surface area contributed by atoms with Crippen molar-refractivity contribution < 1.29 is 19.3 Å². The highest BCUT2D eigenvalue weighted by molar-refractivity contribution is 5.28. The van der Waals surface area contributed by atoms with Gasteiger partial charge in [0, 0.05) is 13.2 Å². The van der Waals surface area contributed by atoms with Crippen molar-refractivity contribution in [3.8, 4) is 5.75 Å². The lowest BCUT2D eigenvalue weighted by molar-refractivity contribution is -0.162. The van der Waals surface area contributed by atoms with Crippen LogP contribution in [0.3, 0.4) is 0 Å². The molecule has 1 saturated heterocycles. The van der Waals surface area contributed by atoms with E-state index in [-0.39, 0.29) is 12.9 Å². The zero-order valence-electron chi connectivity index (χ0n) is 13.3. The molecule has 0 aliphatic carbocycles. The van der Waals surface area contributed by atoms with Crippen molar-refractivity contribution in [2.45, 2.75) is 51.2 Å². The standard InChI is InChI=1S/C18H28O4/c19-11-2-4-12-20-17-9-5-7-16(15-17)8-6-14-22-18-10-1-3-13-21-18/h5,7,9,15,18-19H,1-4,6,8,10-14H2. The summed E-state index contributed by atoms with van der Waals surface area (Å²) in [5, 5.41) is 8.75. The van der Waals surface area contributed by atoms with Crippen LogP contribution in [0.2, 0.25) is 0 Å². The predicted molar refractivity (Wildman–Crippen MR) is 86.1 cm³/mol. The number of aliphatic hydroxyl groups excluding tert-OH is 1. The van der Waals surface area contributed by atoms with Crippen LogP contribution in [-0.2, 0) is 15.9 Å². The van der Waals surface area contributed by atoms with Gasteiger partial charge in [-0.1, -0.05) is 12.1 Å². The predicted octanol–water partition coefficient (Wildman–Crippen LogP) is 3.31. The highest BCUT2D eigenvalue weighted by atomic mass is 16.7. The van der Waals surface area contributed by atoms with Crippen LogP contribution >= 0.6 is 0 Å². The number of aliphatic hydroxyl groups is 1. The maximum absolute atomic E-state index is 8.75. The number of hydrogen-bond donors (Lipinski definition) is 1. The molecule has 1 aromatic rings. The lowest BCUT2D eigenvalue weighted by Crippen LogP contribution is -2.22. The van der Waals surface area contributed by atoms with E-state index >= 15 is 0 Å². The first-order valence-corrected chi connectivity index (χ1v) is 8.44. The highest BCUT2D eigenvalue weighted by Crippen LogP contribution is 2.17. The van der Waals surface area contributed by atoms with Crippen molar-refractivity contribution in [2.75, 3.05) is 26.4 Å². The summed E-state index contributed by atoms with van der Waals surface area (Å²) in [7, 11) is 0. The molecule has 0 radical (unpaired) electrons. The van der Waals surface area contributed by atoms with Crippen LogP contribution < -0.4 is 4.74 Å². The second-order valence-electron chi connectivity index (χ2n) is 5.70. The number of hydrogen-bond acceptors (Lipinski definition) is 4. The minimum atomic E-state index is 0.00921. The molecule has 1 atom stereocenters. The van der Waals surface area contributed by atoms with Gasteiger partial charge in [-0.05, 0) is 62.6 Å². The van der Waals surface area contributed by atoms with Crippen LogP contribution in [0.15, 0.2) is 24.3 Å². The molecule has 22 heavy (non-hydrogen) atoms. The van der Waals surface area contributed by atoms with E-state index < -0.39 is 0 Å². The molecule has 1 aliphatic heterocycles. The summed E-state index contributed by atoms with van der Waals surface area (Å²) in [6.07, 6.45) is 7.06. The Hall–Kier alpha value is -1.10. The molecule has 4 nitrogen and oxygen atoms in total. The summed E-state index contributed by atoms with van der Waals surface area (Å²) in [4.78, 5) is 0. The first kappa shape index (κ1) is 17.3. The zero-order chi connectivity index (χ0) is 15.5. The first-order valence-electron chi connectivity index (χ1n) is 8.44. The van der Waals surface area contributed by atoms with Gasteiger partial charge < -0.3 is 19.3 Å². The molecule has 0 spiro atoms. The molecule has 0 aromatic heterocycles. The fourth-order valence-electron chi connectivity index (χ4n) is 2.53. The third kappa shape index (κ3) is 6.77. The molecule has 0 bridgehead atoms. The number of rotatable bonds is 10. The third-order valence-electron chi connectivity index (χ3n) is 3.77. The summed E-state index contributed by atoms with van der Waals surface area (Å²) in [5.41, 5.74) is 1.27. The van der Waals surface area contributed by atoms with Gasteiger partial charge in [-0.25, -0.2) is 0 Å². The molecule has 4 heteroatoms. The largest absolute Gasteiger partial charge is 0.494 e. The molecule has 1 unspecified atom stereocenters. The molecular formula is C18H28O4. The van der Waals surface area contributed by atoms with Crippen LogP contribution in [0.25, 0.3) is 0 Å². The van der Waals surface area contributed by atoms with Crippen molar-refractivity contribution in [1.82, 2.24) is 0 Å². The molecule has 0 amide bonds. The normalized spacial score (nSPS) is 18.3. The van der Waals surface area contributed by atoms with Gasteiger partial charge in [0.2, 0.25) is 0 Å². The minimum Gasteiger partial charge on any atom is -0.494 e. The van der Waals surface area contributed by atoms with Gasteiger partial charge in [0.05, 0.1) is 13.2 Å². The van der Waals surface area contributed by atoms with Gasteiger partial charge in [-0.3, -0.25) is 0 Å². The molecular weight excluding hydrogens is 280 g/mol. The van der Waals surface area contributed by atoms with E-state index in [2.05, 4.69) is 12.1 Å². The molecule has 1 fully saturated rings. The van der Waals surface area contributed by atoms with Gasteiger partial charge in [0.25, 0.3) is 0 Å². The Morgan fingerprint density at radius 3 is 2.91 bits per heavy atom. The van der Waals surface area contributed by atoms with E-state index in [0.29, 0.717) is 6.61 Å². The van der Waals surface area contributed by atoms with E-state index in [4.69, 9.17) is 19.3 Å². The van der Waals surface area contributed by atoms with Crippen molar-refractivity contribution in [2.24, 2.45) is 0 Å². The fourth-order valence-corrected chi connectivity index (χ4v) is 2.53. The Balaban J connectivity index is 1.62. The summed E-state index contributed by atoms with van der Waals surface area (Å²) >= 11 is 0. The van der Waals surface area contributed by atoms with Crippen molar-refractivity contribution in [3.63, 3.8) is 0 Å². The van der Waals surface area contributed by atoms with Gasteiger partial charge in [0.15, 0.2) is 6.29 Å². The number of ether oxygens (including phenoxy) is 3. The van der Waals surface area contributed by atoms with E-state index in [1.807, 2.05) is 12.1 Å². The topological polar surface area (TPSA) is 47.9 Å². The van der Waals surface area contributed by atoms with Gasteiger partial charge in [-0.15, -0.1) is 0 Å². The Morgan fingerprint density at radius 2 is 2.09 bits per heavy atom. The minimum absolute atomic E-state index is 0.00921. The Kier molecular flexibility index (Phi) is 8.31. The smallest absolute Gasteiger partial charge is 0.157 e. The van der Waals surface area contributed by atoms with E-state index in [1.54, 1.807) is 0 Å². The summed E-state index contributed by atoms with van der Waals surface area (Å²) in [5.74, 6) is 0.909. The van der Waals surface area contributed by atoms with Crippen LogP contribution in [0, 0.1) is 0 Å². The second kappa shape index (κ2) is 10.6. The van der Waals surface area contributed by atoms with Gasteiger partial charge in [0.1, 0.15) is 5.75 Å². The molecule has 1 aliphatic rings. The van der Waals surface area contributed by atoms with Gasteiger partial charge in [-0.2, -0.15) is 0 Å². The van der Waals surface area contributed by atoms with E-state index in [1.165, 1.54) is 12.0 Å². The summed E-state index contributed by atoms with van der Waals surface area (Å²) in [6, 6.07) is 8.23. The quantitative estimate of drug-likeness (QED) is 0.674. The number of unbranched alkanes of at least 4 members (excludes halogenated alkanes) is 1. The summed E-state index contributed by atoms with van der Waals surface area (Å²) in [6.45, 7) is 2.47.